The van der Waals surface area contributed by atoms with E-state index >= 15 is 0 Å². The van der Waals surface area contributed by atoms with Crippen LogP contribution in [-0.4, -0.2) is 17.8 Å². The van der Waals surface area contributed by atoms with E-state index in [4.69, 9.17) is 5.73 Å². The van der Waals surface area contributed by atoms with Gasteiger partial charge in [0.15, 0.2) is 0 Å². The molecule has 0 saturated heterocycles. The third-order valence-corrected chi connectivity index (χ3v) is 4.56. The lowest BCUT2D eigenvalue weighted by Gasteiger charge is -2.21. The molecule has 2 fully saturated rings. The Bertz CT molecular complexity index is 195. The normalized spacial score (nSPS) is 38.2. The molecule has 4 atom stereocenters. The van der Waals surface area contributed by atoms with E-state index in [1.54, 1.807) is 0 Å². The number of nitrogens with two attached hydrogens (primary N) is 1. The zero-order chi connectivity index (χ0) is 10.8. The molecular formula is C13H25NO. The van der Waals surface area contributed by atoms with Crippen LogP contribution in [-0.2, 0) is 0 Å². The molecule has 15 heavy (non-hydrogen) atoms. The smallest absolute Gasteiger partial charge is 0.0614 e. The number of hydrogen-bond donors (Lipinski definition) is 2. The first-order valence-corrected chi connectivity index (χ1v) is 6.67. The molecule has 0 spiro atoms. The summed E-state index contributed by atoms with van der Waals surface area (Å²) in [6.45, 7) is 2.83. The van der Waals surface area contributed by atoms with Crippen molar-refractivity contribution in [2.75, 3.05) is 6.54 Å². The van der Waals surface area contributed by atoms with E-state index in [2.05, 4.69) is 6.92 Å². The zero-order valence-corrected chi connectivity index (χ0v) is 9.86. The quantitative estimate of drug-likeness (QED) is 0.732. The number of aliphatic hydroxyl groups is 1. The van der Waals surface area contributed by atoms with E-state index in [9.17, 15) is 5.11 Å². The monoisotopic (exact) mass is 211 g/mol. The maximum atomic E-state index is 10.3. The molecular weight excluding hydrogens is 186 g/mol. The largest absolute Gasteiger partial charge is 0.392 e. The van der Waals surface area contributed by atoms with Crippen molar-refractivity contribution in [1.29, 1.82) is 0 Å². The highest BCUT2D eigenvalue weighted by Crippen LogP contribution is 2.58. The number of rotatable bonds is 5. The average molecular weight is 211 g/mol. The molecule has 88 valence electrons. The predicted molar refractivity (Wildman–Crippen MR) is 62.4 cm³/mol. The second-order valence-electron chi connectivity index (χ2n) is 5.46. The Morgan fingerprint density at radius 1 is 1.27 bits per heavy atom. The van der Waals surface area contributed by atoms with Crippen LogP contribution in [0.4, 0.5) is 0 Å². The molecule has 0 bridgehead atoms. The summed E-state index contributed by atoms with van der Waals surface area (Å²) in [7, 11) is 0. The summed E-state index contributed by atoms with van der Waals surface area (Å²) in [6, 6.07) is 0. The lowest BCUT2D eigenvalue weighted by Crippen LogP contribution is -2.30. The van der Waals surface area contributed by atoms with Crippen LogP contribution in [0.25, 0.3) is 0 Å². The first-order chi connectivity index (χ1) is 7.29. The Hall–Kier alpha value is -0.0800. The highest BCUT2D eigenvalue weighted by Gasteiger charge is 2.54. The first-order valence-electron chi connectivity index (χ1n) is 6.67. The fourth-order valence-corrected chi connectivity index (χ4v) is 3.67. The molecule has 2 aliphatic carbocycles. The van der Waals surface area contributed by atoms with Gasteiger partial charge in [-0.05, 0) is 49.5 Å². The first kappa shape index (κ1) is 11.4. The molecule has 4 unspecified atom stereocenters. The molecule has 0 amide bonds. The van der Waals surface area contributed by atoms with Crippen molar-refractivity contribution in [3.8, 4) is 0 Å². The van der Waals surface area contributed by atoms with Gasteiger partial charge in [-0.1, -0.05) is 26.2 Å². The van der Waals surface area contributed by atoms with Crippen molar-refractivity contribution in [2.45, 2.75) is 51.6 Å². The Labute approximate surface area is 93.2 Å². The number of hydrogen-bond acceptors (Lipinski definition) is 2. The van der Waals surface area contributed by atoms with Crippen LogP contribution in [0.15, 0.2) is 0 Å². The van der Waals surface area contributed by atoms with Crippen LogP contribution in [0, 0.1) is 23.7 Å². The summed E-state index contributed by atoms with van der Waals surface area (Å²) in [4.78, 5) is 0. The molecule has 2 saturated carbocycles. The van der Waals surface area contributed by atoms with Gasteiger partial charge < -0.3 is 10.8 Å². The molecule has 0 radical (unpaired) electrons. The van der Waals surface area contributed by atoms with Crippen molar-refractivity contribution in [3.05, 3.63) is 0 Å². The average Bonchev–Trinajstić information content (AvgIpc) is 2.99. The Kier molecular flexibility index (Phi) is 3.68. The Morgan fingerprint density at radius 2 is 1.87 bits per heavy atom. The van der Waals surface area contributed by atoms with Gasteiger partial charge in [0, 0.05) is 0 Å². The van der Waals surface area contributed by atoms with Gasteiger partial charge in [-0.2, -0.15) is 0 Å². The summed E-state index contributed by atoms with van der Waals surface area (Å²) in [6.07, 6.45) is 7.60. The maximum Gasteiger partial charge on any atom is 0.0614 e. The molecule has 2 rings (SSSR count). The van der Waals surface area contributed by atoms with E-state index in [1.807, 2.05) is 0 Å². The fourth-order valence-electron chi connectivity index (χ4n) is 3.67. The molecule has 0 aromatic carbocycles. The summed E-state index contributed by atoms with van der Waals surface area (Å²) >= 11 is 0. The van der Waals surface area contributed by atoms with Crippen LogP contribution in [0.2, 0.25) is 0 Å². The second kappa shape index (κ2) is 4.84. The standard InChI is InChI=1S/C13H25NO/c1-2-5-9(8-14)13(15)12-10-6-3-4-7-11(10)12/h9-13,15H,2-8,14H2,1H3. The molecule has 0 heterocycles. The van der Waals surface area contributed by atoms with E-state index < -0.39 is 0 Å². The molecule has 0 aromatic heterocycles. The predicted octanol–water partition coefficient (Wildman–Crippen LogP) is 2.16. The molecule has 0 aromatic rings. The minimum absolute atomic E-state index is 0.108. The Balaban J connectivity index is 1.87. The number of fused-ring (bicyclic) bond motifs is 1. The number of aliphatic hydroxyl groups excluding tert-OH is 1. The van der Waals surface area contributed by atoms with Gasteiger partial charge in [0.2, 0.25) is 0 Å². The third-order valence-electron chi connectivity index (χ3n) is 4.56. The van der Waals surface area contributed by atoms with Gasteiger partial charge in [-0.25, -0.2) is 0 Å². The van der Waals surface area contributed by atoms with Crippen molar-refractivity contribution in [2.24, 2.45) is 29.4 Å². The van der Waals surface area contributed by atoms with Crippen molar-refractivity contribution in [1.82, 2.24) is 0 Å². The highest BCUT2D eigenvalue weighted by atomic mass is 16.3. The van der Waals surface area contributed by atoms with E-state index in [0.29, 0.717) is 18.4 Å². The van der Waals surface area contributed by atoms with E-state index in [-0.39, 0.29) is 6.10 Å². The van der Waals surface area contributed by atoms with Gasteiger partial charge in [0.1, 0.15) is 0 Å². The van der Waals surface area contributed by atoms with Crippen molar-refractivity contribution in [3.63, 3.8) is 0 Å². The zero-order valence-electron chi connectivity index (χ0n) is 9.86. The maximum absolute atomic E-state index is 10.3. The van der Waals surface area contributed by atoms with Crippen LogP contribution in [0.5, 0.6) is 0 Å². The van der Waals surface area contributed by atoms with Crippen LogP contribution in [0.1, 0.15) is 45.4 Å². The summed E-state index contributed by atoms with van der Waals surface area (Å²) in [5, 5.41) is 10.3. The van der Waals surface area contributed by atoms with Gasteiger partial charge in [0.05, 0.1) is 6.10 Å². The molecule has 2 nitrogen and oxygen atoms in total. The topological polar surface area (TPSA) is 46.2 Å². The van der Waals surface area contributed by atoms with Crippen LogP contribution >= 0.6 is 0 Å². The van der Waals surface area contributed by atoms with Gasteiger partial charge in [-0.3, -0.25) is 0 Å². The molecule has 2 aliphatic rings. The van der Waals surface area contributed by atoms with Gasteiger partial charge >= 0.3 is 0 Å². The second-order valence-corrected chi connectivity index (χ2v) is 5.46. The third kappa shape index (κ3) is 2.21. The van der Waals surface area contributed by atoms with E-state index in [0.717, 1.165) is 24.7 Å². The van der Waals surface area contributed by atoms with Crippen molar-refractivity contribution >= 4 is 0 Å². The fraction of sp³-hybridized carbons (Fsp3) is 1.00. The summed E-state index contributed by atoms with van der Waals surface area (Å²) in [5.41, 5.74) is 5.75. The molecule has 3 N–H and O–H groups in total. The minimum Gasteiger partial charge on any atom is -0.392 e. The van der Waals surface area contributed by atoms with Crippen LogP contribution in [0.3, 0.4) is 0 Å². The van der Waals surface area contributed by atoms with Gasteiger partial charge in [-0.15, -0.1) is 0 Å². The van der Waals surface area contributed by atoms with Crippen LogP contribution < -0.4 is 5.73 Å². The van der Waals surface area contributed by atoms with Crippen molar-refractivity contribution < 1.29 is 5.11 Å². The Morgan fingerprint density at radius 3 is 2.33 bits per heavy atom. The lowest BCUT2D eigenvalue weighted by molar-refractivity contribution is 0.0762. The molecule has 2 heteroatoms. The van der Waals surface area contributed by atoms with Gasteiger partial charge in [0.25, 0.3) is 0 Å². The summed E-state index contributed by atoms with van der Waals surface area (Å²) in [5.74, 6) is 2.65. The minimum atomic E-state index is -0.108. The SMILES string of the molecule is CCCC(CN)C(O)C1C2CCCCC21. The lowest BCUT2D eigenvalue weighted by atomic mass is 9.92. The molecule has 0 aliphatic heterocycles. The summed E-state index contributed by atoms with van der Waals surface area (Å²) < 4.78 is 0. The van der Waals surface area contributed by atoms with E-state index in [1.165, 1.54) is 25.7 Å². The highest BCUT2D eigenvalue weighted by molar-refractivity contribution is 5.03.